The second-order valence-corrected chi connectivity index (χ2v) is 15.4. The van der Waals surface area contributed by atoms with E-state index in [1.165, 1.54) is 12.5 Å². The molecule has 2 aromatic carbocycles. The van der Waals surface area contributed by atoms with E-state index in [-0.39, 0.29) is 18.0 Å². The normalized spacial score (nSPS) is 23.0. The molecule has 0 spiro atoms. The average molecular weight is 753 g/mol. The number of rotatable bonds is 14. The lowest BCUT2D eigenvalue weighted by Gasteiger charge is -2.37. The number of carboxylic acids is 1. The average Bonchev–Trinajstić information content (AvgIpc) is 3.14. The van der Waals surface area contributed by atoms with E-state index >= 15 is 0 Å². The highest BCUT2D eigenvalue weighted by Crippen LogP contribution is 2.44. The van der Waals surface area contributed by atoms with Crippen LogP contribution in [0.4, 0.5) is 0 Å². The molecule has 0 saturated heterocycles. The van der Waals surface area contributed by atoms with Gasteiger partial charge in [-0.1, -0.05) is 54.4 Å². The summed E-state index contributed by atoms with van der Waals surface area (Å²) in [6.07, 6.45) is 11.3. The summed E-state index contributed by atoms with van der Waals surface area (Å²) in [7, 11) is 9.35. The lowest BCUT2D eigenvalue weighted by molar-refractivity contribution is -0.149. The van der Waals surface area contributed by atoms with Gasteiger partial charge in [-0.25, -0.2) is 9.59 Å². The van der Waals surface area contributed by atoms with Crippen molar-refractivity contribution in [2.75, 3.05) is 42.7 Å². The maximum absolute atomic E-state index is 12.4. The molecule has 300 valence electrons. The van der Waals surface area contributed by atoms with Crippen LogP contribution in [0.15, 0.2) is 35.9 Å². The van der Waals surface area contributed by atoms with Gasteiger partial charge in [0.2, 0.25) is 11.5 Å². The van der Waals surface area contributed by atoms with Gasteiger partial charge in [0.1, 0.15) is 6.10 Å². The highest BCUT2D eigenvalue weighted by molar-refractivity contribution is 5.93. The fourth-order valence-electron chi connectivity index (χ4n) is 8.05. The van der Waals surface area contributed by atoms with Gasteiger partial charge in [-0.2, -0.15) is 0 Å². The highest BCUT2D eigenvalue weighted by atomic mass is 16.5. The molecule has 0 aliphatic heterocycles. The van der Waals surface area contributed by atoms with Crippen LogP contribution in [0.25, 0.3) is 12.2 Å². The van der Waals surface area contributed by atoms with Crippen molar-refractivity contribution in [3.8, 4) is 34.5 Å². The first kappa shape index (κ1) is 44.1. The Balaban J connectivity index is 0.000000290. The first-order chi connectivity index (χ1) is 25.7. The van der Waals surface area contributed by atoms with Crippen molar-refractivity contribution in [2.45, 2.75) is 86.2 Å². The molecule has 4 rings (SSSR count). The van der Waals surface area contributed by atoms with Gasteiger partial charge >= 0.3 is 11.9 Å². The number of carbonyl (C=O) groups is 2. The Morgan fingerprint density at radius 3 is 1.52 bits per heavy atom. The summed E-state index contributed by atoms with van der Waals surface area (Å²) in [5.41, 5.74) is 1.98. The van der Waals surface area contributed by atoms with Gasteiger partial charge in [0, 0.05) is 11.6 Å². The number of benzene rings is 2. The Kier molecular flexibility index (Phi) is 17.1. The molecule has 2 aliphatic rings. The minimum atomic E-state index is -0.853. The summed E-state index contributed by atoms with van der Waals surface area (Å²) < 4.78 is 38.0. The second kappa shape index (κ2) is 20.9. The molecule has 1 N–H and O–H groups in total. The van der Waals surface area contributed by atoms with Gasteiger partial charge in [-0.15, -0.1) is 0 Å². The minimum Gasteiger partial charge on any atom is -0.493 e. The largest absolute Gasteiger partial charge is 0.493 e. The summed E-state index contributed by atoms with van der Waals surface area (Å²) in [6.45, 7) is 13.2. The Morgan fingerprint density at radius 2 is 1.09 bits per heavy atom. The van der Waals surface area contributed by atoms with Gasteiger partial charge in [0.15, 0.2) is 23.0 Å². The van der Waals surface area contributed by atoms with Crippen molar-refractivity contribution in [3.63, 3.8) is 0 Å². The van der Waals surface area contributed by atoms with E-state index in [0.29, 0.717) is 75.6 Å². The quantitative estimate of drug-likeness (QED) is 0.148. The zero-order valence-electron chi connectivity index (χ0n) is 34.5. The molecule has 0 bridgehead atoms. The molecule has 10 heteroatoms. The summed E-state index contributed by atoms with van der Waals surface area (Å²) >= 11 is 0. The molecule has 2 fully saturated rings. The molecule has 0 radical (unpaired) electrons. The smallest absolute Gasteiger partial charge is 0.331 e. The van der Waals surface area contributed by atoms with Crippen LogP contribution in [0.2, 0.25) is 0 Å². The summed E-state index contributed by atoms with van der Waals surface area (Å²) in [5, 5.41) is 9.97. The predicted octanol–water partition coefficient (Wildman–Crippen LogP) is 9.62. The molecule has 0 amide bonds. The van der Waals surface area contributed by atoms with Crippen molar-refractivity contribution >= 4 is 24.1 Å². The van der Waals surface area contributed by atoms with Crippen LogP contribution >= 0.6 is 0 Å². The maximum Gasteiger partial charge on any atom is 0.331 e. The van der Waals surface area contributed by atoms with Crippen molar-refractivity contribution < 1.29 is 47.9 Å². The van der Waals surface area contributed by atoms with Crippen LogP contribution in [-0.4, -0.2) is 65.8 Å². The summed E-state index contributed by atoms with van der Waals surface area (Å²) in [4.78, 5) is 24.5. The van der Waals surface area contributed by atoms with Crippen molar-refractivity contribution in [3.05, 3.63) is 47.0 Å². The minimum absolute atomic E-state index is 0.00848. The molecule has 54 heavy (non-hydrogen) atoms. The SMILES string of the molecule is COc1cc(C=C(C(=O)O)C2CC(C)CCC2C(C)C)cc(OC)c1OC.COc1cc(C=CC(=O)OC2CC(C)CCC2C(C)C)cc(OC)c1OC. The molecule has 0 heterocycles. The summed E-state index contributed by atoms with van der Waals surface area (Å²) in [6, 6.07) is 7.18. The van der Waals surface area contributed by atoms with Crippen molar-refractivity contribution in [1.82, 2.24) is 0 Å². The molecule has 10 nitrogen and oxygen atoms in total. The van der Waals surface area contributed by atoms with Crippen LogP contribution in [-0.2, 0) is 14.3 Å². The molecular formula is C44H64O10. The van der Waals surface area contributed by atoms with Gasteiger partial charge < -0.3 is 38.3 Å². The summed E-state index contributed by atoms with van der Waals surface area (Å²) in [5.74, 6) is 4.94. The third kappa shape index (κ3) is 11.6. The zero-order chi connectivity index (χ0) is 40.1. The topological polar surface area (TPSA) is 119 Å². The number of methoxy groups -OCH3 is 6. The standard InChI is InChI=1S/2C22H32O5/c1-14(2)17-9-7-15(3)11-18(17)27-21(23)10-8-16-12-19(24-4)22(26-6)20(13-16)25-5;1-13(2)16-8-7-14(3)9-17(16)18(22(23)24)10-15-11-19(25-4)21(27-6)20(12-15)26-5/h8,10,12-15,17-18H,7,9,11H2,1-6H3;10-14,16-17H,7-9H2,1-6H3,(H,23,24). The predicted molar refractivity (Wildman–Crippen MR) is 213 cm³/mol. The van der Waals surface area contributed by atoms with Gasteiger partial charge in [-0.3, -0.25) is 0 Å². The van der Waals surface area contributed by atoms with E-state index in [9.17, 15) is 14.7 Å². The zero-order valence-corrected chi connectivity index (χ0v) is 34.5. The van der Waals surface area contributed by atoms with Crippen LogP contribution in [0.5, 0.6) is 34.5 Å². The Bertz CT molecular complexity index is 1540. The number of carbonyl (C=O) groups excluding carboxylic acids is 1. The van der Waals surface area contributed by atoms with Crippen LogP contribution in [0, 0.1) is 41.4 Å². The van der Waals surface area contributed by atoms with Crippen molar-refractivity contribution in [2.24, 2.45) is 41.4 Å². The van der Waals surface area contributed by atoms with Gasteiger partial charge in [0.25, 0.3) is 0 Å². The lowest BCUT2D eigenvalue weighted by atomic mass is 9.67. The maximum atomic E-state index is 12.4. The fraction of sp³-hybridized carbons (Fsp3) is 0.591. The number of aliphatic carboxylic acids is 1. The molecule has 6 unspecified atom stereocenters. The number of ether oxygens (including phenoxy) is 7. The van der Waals surface area contributed by atoms with Crippen LogP contribution < -0.4 is 28.4 Å². The molecule has 0 aromatic heterocycles. The molecule has 2 aromatic rings. The van der Waals surface area contributed by atoms with Crippen LogP contribution in [0.3, 0.4) is 0 Å². The molecular weight excluding hydrogens is 688 g/mol. The third-order valence-corrected chi connectivity index (χ3v) is 11.0. The first-order valence-electron chi connectivity index (χ1n) is 19.1. The van der Waals surface area contributed by atoms with E-state index in [0.717, 1.165) is 43.2 Å². The molecule has 2 aliphatic carbocycles. The Hall–Kier alpha value is -4.34. The Labute approximate surface area is 323 Å². The number of carboxylic acid groups (broad SMARTS) is 1. The fourth-order valence-corrected chi connectivity index (χ4v) is 8.05. The van der Waals surface area contributed by atoms with E-state index in [1.807, 2.05) is 0 Å². The first-order valence-corrected chi connectivity index (χ1v) is 19.1. The van der Waals surface area contributed by atoms with E-state index in [4.69, 9.17) is 33.2 Å². The third-order valence-electron chi connectivity index (χ3n) is 11.0. The monoisotopic (exact) mass is 752 g/mol. The van der Waals surface area contributed by atoms with E-state index in [2.05, 4.69) is 41.5 Å². The molecule has 6 atom stereocenters. The van der Waals surface area contributed by atoms with Gasteiger partial charge in [-0.05, 0) is 115 Å². The number of esters is 1. The van der Waals surface area contributed by atoms with Gasteiger partial charge in [0.05, 0.1) is 42.7 Å². The van der Waals surface area contributed by atoms with E-state index in [1.54, 1.807) is 79.1 Å². The number of hydrogen-bond donors (Lipinski definition) is 1. The van der Waals surface area contributed by atoms with Crippen molar-refractivity contribution in [1.29, 1.82) is 0 Å². The van der Waals surface area contributed by atoms with Crippen LogP contribution in [0.1, 0.15) is 91.2 Å². The molecule has 2 saturated carbocycles. The highest BCUT2D eigenvalue weighted by Gasteiger charge is 2.36. The lowest BCUT2D eigenvalue weighted by Crippen LogP contribution is -2.35. The Morgan fingerprint density at radius 1 is 0.648 bits per heavy atom. The van der Waals surface area contributed by atoms with E-state index < -0.39 is 5.97 Å². The number of hydrogen-bond acceptors (Lipinski definition) is 9. The second-order valence-electron chi connectivity index (χ2n) is 15.4.